The van der Waals surface area contributed by atoms with Gasteiger partial charge in [-0.05, 0) is 63.2 Å². The van der Waals surface area contributed by atoms with Crippen molar-refractivity contribution in [1.29, 1.82) is 0 Å². The number of anilines is 1. The molecule has 2 aliphatic heterocycles. The van der Waals surface area contributed by atoms with E-state index in [-0.39, 0.29) is 55.2 Å². The molecule has 0 aromatic carbocycles. The Bertz CT molecular complexity index is 1660. The summed E-state index contributed by atoms with van der Waals surface area (Å²) in [4.78, 5) is 63.1. The molecule has 1 amide bonds. The number of hydrogen-bond acceptors (Lipinski definition) is 11. The number of aromatic nitrogens is 4. The fraction of sp³-hybridized carbons (Fsp3) is 0.694. The maximum absolute atomic E-state index is 14.8. The van der Waals surface area contributed by atoms with E-state index in [0.717, 1.165) is 44.9 Å². The third kappa shape index (κ3) is 6.93. The van der Waals surface area contributed by atoms with Crippen molar-refractivity contribution in [2.45, 2.75) is 133 Å². The molecule has 50 heavy (non-hydrogen) atoms. The minimum absolute atomic E-state index is 0.0111. The van der Waals surface area contributed by atoms with Crippen LogP contribution in [0.4, 0.5) is 10.2 Å². The second-order valence-electron chi connectivity index (χ2n) is 14.7. The summed E-state index contributed by atoms with van der Waals surface area (Å²) in [6.07, 6.45) is 16.9. The van der Waals surface area contributed by atoms with E-state index in [1.165, 1.54) is 43.0 Å². The van der Waals surface area contributed by atoms with Crippen molar-refractivity contribution in [3.05, 3.63) is 12.4 Å². The Morgan fingerprint density at radius 3 is 2.54 bits per heavy atom. The molecule has 0 spiro atoms. The first-order valence-electron chi connectivity index (χ1n) is 18.1. The van der Waals surface area contributed by atoms with Crippen molar-refractivity contribution >= 4 is 40.8 Å². The number of terminal acetylenes is 1. The Labute approximate surface area is 289 Å². The number of hydrogen-bond donors (Lipinski definition) is 1. The van der Waals surface area contributed by atoms with Gasteiger partial charge >= 0.3 is 24.0 Å². The molecule has 2 aromatic rings. The number of fused-ring (bicyclic) bond motifs is 4. The smallest absolute Gasteiger partial charge is 0.312 e. The van der Waals surface area contributed by atoms with Crippen LogP contribution >= 0.6 is 0 Å². The number of nitrogens with zero attached hydrogens (tertiary/aromatic N) is 4. The van der Waals surface area contributed by atoms with E-state index in [1.807, 2.05) is 0 Å². The van der Waals surface area contributed by atoms with Gasteiger partial charge in [-0.3, -0.25) is 23.7 Å². The standard InChI is InChI=1S/C36H44FN5O8/c1-2-36(20-47-27(43)10-6-9-22-7-4-3-5-8-22)25(49-33(46)35-16-13-23(14-17-35)15-18-35)19-26(50-36)42-21-38-29-30(40-34(37)41-31(29)42)39-32(45)24-11-12-28(44)48-24/h1,21-26H,3-20H2,(H,39,40,41,45)/t23?,24-,25+,26-,35?,36-/m1/s1. The van der Waals surface area contributed by atoms with E-state index < -0.39 is 53.4 Å². The zero-order valence-corrected chi connectivity index (χ0v) is 28.2. The van der Waals surface area contributed by atoms with Crippen LogP contribution in [-0.2, 0) is 38.1 Å². The summed E-state index contributed by atoms with van der Waals surface area (Å²) >= 11 is 0. The summed E-state index contributed by atoms with van der Waals surface area (Å²) in [6, 6.07) is 0. The molecule has 6 aliphatic rings. The monoisotopic (exact) mass is 693 g/mol. The predicted molar refractivity (Wildman–Crippen MR) is 174 cm³/mol. The van der Waals surface area contributed by atoms with Gasteiger partial charge in [0.25, 0.3) is 5.91 Å². The van der Waals surface area contributed by atoms with Gasteiger partial charge in [0.1, 0.15) is 18.9 Å². The van der Waals surface area contributed by atoms with Gasteiger partial charge in [0.05, 0.1) is 11.7 Å². The van der Waals surface area contributed by atoms with Crippen LogP contribution in [0.5, 0.6) is 0 Å². The fourth-order valence-corrected chi connectivity index (χ4v) is 8.53. The maximum atomic E-state index is 14.8. The van der Waals surface area contributed by atoms with E-state index in [2.05, 4.69) is 26.2 Å². The van der Waals surface area contributed by atoms with Crippen molar-refractivity contribution in [1.82, 2.24) is 19.5 Å². The average molecular weight is 694 g/mol. The number of imidazole rings is 1. The van der Waals surface area contributed by atoms with Crippen LogP contribution < -0.4 is 5.32 Å². The van der Waals surface area contributed by atoms with Crippen molar-refractivity contribution in [3.63, 3.8) is 0 Å². The van der Waals surface area contributed by atoms with E-state index >= 15 is 0 Å². The van der Waals surface area contributed by atoms with E-state index in [9.17, 15) is 23.6 Å². The lowest BCUT2D eigenvalue weighted by Crippen LogP contribution is -2.49. The Hall–Kier alpha value is -4.12. The lowest BCUT2D eigenvalue weighted by molar-refractivity contribution is -0.179. The summed E-state index contributed by atoms with van der Waals surface area (Å²) < 4.78 is 39.7. The number of amides is 1. The number of esters is 3. The van der Waals surface area contributed by atoms with Crippen LogP contribution in [-0.4, -0.2) is 67.7 Å². The zero-order valence-electron chi connectivity index (χ0n) is 28.2. The summed E-state index contributed by atoms with van der Waals surface area (Å²) in [5.74, 6) is 1.81. The van der Waals surface area contributed by atoms with Gasteiger partial charge in [0.2, 0.25) is 5.60 Å². The Morgan fingerprint density at radius 2 is 1.84 bits per heavy atom. The normalized spacial score (nSPS) is 30.9. The molecule has 4 aliphatic carbocycles. The third-order valence-electron chi connectivity index (χ3n) is 11.6. The fourth-order valence-electron chi connectivity index (χ4n) is 8.53. The molecule has 13 nitrogen and oxygen atoms in total. The first-order chi connectivity index (χ1) is 24.2. The van der Waals surface area contributed by atoms with Gasteiger partial charge in [0, 0.05) is 25.7 Å². The molecule has 2 bridgehead atoms. The van der Waals surface area contributed by atoms with Crippen LogP contribution in [0.3, 0.4) is 0 Å². The Morgan fingerprint density at radius 1 is 1.08 bits per heavy atom. The first kappa shape index (κ1) is 34.3. The lowest BCUT2D eigenvalue weighted by Gasteiger charge is -2.45. The van der Waals surface area contributed by atoms with E-state index in [4.69, 9.17) is 25.4 Å². The van der Waals surface area contributed by atoms with Gasteiger partial charge < -0.3 is 24.3 Å². The number of ether oxygens (including phenoxy) is 4. The molecular formula is C36H44FN5O8. The molecule has 268 valence electrons. The molecule has 0 radical (unpaired) electrons. The highest BCUT2D eigenvalue weighted by molar-refractivity contribution is 6.00. The number of carbonyl (C=O) groups excluding carboxylic acids is 4. The highest BCUT2D eigenvalue weighted by Crippen LogP contribution is 2.52. The second-order valence-corrected chi connectivity index (χ2v) is 14.7. The van der Waals surface area contributed by atoms with Crippen LogP contribution in [0.15, 0.2) is 6.33 Å². The molecular weight excluding hydrogens is 649 g/mol. The number of cyclic esters (lactones) is 1. The largest absolute Gasteiger partial charge is 0.461 e. The van der Waals surface area contributed by atoms with Crippen LogP contribution in [0.25, 0.3) is 11.2 Å². The predicted octanol–water partition coefficient (Wildman–Crippen LogP) is 5.08. The lowest BCUT2D eigenvalue weighted by atomic mass is 9.61. The Kier molecular flexibility index (Phi) is 9.78. The van der Waals surface area contributed by atoms with Crippen molar-refractivity contribution in [3.8, 4) is 12.3 Å². The van der Waals surface area contributed by atoms with Gasteiger partial charge in [-0.1, -0.05) is 38.0 Å². The number of halogens is 1. The molecule has 4 heterocycles. The van der Waals surface area contributed by atoms with Crippen LogP contribution in [0.2, 0.25) is 0 Å². The molecule has 6 fully saturated rings. The van der Waals surface area contributed by atoms with Gasteiger partial charge in [-0.2, -0.15) is 14.4 Å². The summed E-state index contributed by atoms with van der Waals surface area (Å²) in [7, 11) is 0. The molecule has 4 saturated carbocycles. The van der Waals surface area contributed by atoms with Crippen molar-refractivity contribution in [2.24, 2.45) is 17.3 Å². The quantitative estimate of drug-likeness (QED) is 0.145. The first-order valence-corrected chi connectivity index (χ1v) is 18.1. The summed E-state index contributed by atoms with van der Waals surface area (Å²) in [5.41, 5.74) is -2.17. The third-order valence-corrected chi connectivity index (χ3v) is 11.6. The molecule has 0 unspecified atom stereocenters. The average Bonchev–Trinajstić information content (AvgIpc) is 3.86. The SMILES string of the molecule is C#C[C@]1(COC(=O)CCCC2CCCCC2)O[C@@H](n2cnc3c(NC(=O)[C@H]4CCC(=O)O4)nc(F)nc32)C[C@@H]1OC(=O)C12CCC(CC1)CC2. The molecule has 2 saturated heterocycles. The minimum Gasteiger partial charge on any atom is -0.461 e. The summed E-state index contributed by atoms with van der Waals surface area (Å²) in [5, 5.41) is 2.49. The van der Waals surface area contributed by atoms with Crippen molar-refractivity contribution < 1.29 is 42.5 Å². The van der Waals surface area contributed by atoms with Crippen LogP contribution in [0, 0.1) is 35.7 Å². The molecule has 8 rings (SSSR count). The Balaban J connectivity index is 1.10. The molecule has 4 atom stereocenters. The number of rotatable bonds is 11. The van der Waals surface area contributed by atoms with Gasteiger partial charge in [-0.25, -0.2) is 4.98 Å². The topological polar surface area (TPSA) is 161 Å². The number of nitrogens with one attached hydrogen (secondary N) is 1. The zero-order chi connectivity index (χ0) is 34.9. The number of carbonyl (C=O) groups is 4. The second kappa shape index (κ2) is 14.2. The molecule has 2 aromatic heterocycles. The maximum Gasteiger partial charge on any atom is 0.312 e. The summed E-state index contributed by atoms with van der Waals surface area (Å²) in [6.45, 7) is -0.341. The van der Waals surface area contributed by atoms with Crippen molar-refractivity contribution in [2.75, 3.05) is 11.9 Å². The van der Waals surface area contributed by atoms with Gasteiger partial charge in [0.15, 0.2) is 23.1 Å². The van der Waals surface area contributed by atoms with Gasteiger partial charge in [-0.15, -0.1) is 6.42 Å². The van der Waals surface area contributed by atoms with Crippen LogP contribution in [0.1, 0.15) is 115 Å². The highest BCUT2D eigenvalue weighted by Gasteiger charge is 2.55. The van der Waals surface area contributed by atoms with E-state index in [0.29, 0.717) is 18.3 Å². The highest BCUT2D eigenvalue weighted by atomic mass is 19.1. The molecule has 1 N–H and O–H groups in total. The van der Waals surface area contributed by atoms with E-state index in [1.54, 1.807) is 0 Å². The molecule has 14 heteroatoms. The minimum atomic E-state index is -1.63.